The number of nitro benzene ring substituents is 1. The van der Waals surface area contributed by atoms with E-state index in [9.17, 15) is 14.9 Å². The van der Waals surface area contributed by atoms with E-state index in [1.165, 1.54) is 12.1 Å². The van der Waals surface area contributed by atoms with Crippen LogP contribution in [0.2, 0.25) is 0 Å². The van der Waals surface area contributed by atoms with Gasteiger partial charge in [0.1, 0.15) is 11.8 Å². The molecule has 1 saturated heterocycles. The second-order valence-electron chi connectivity index (χ2n) is 6.60. The fourth-order valence-electron chi connectivity index (χ4n) is 3.38. The molecule has 1 aliphatic heterocycles. The number of nitro groups is 1. The molecule has 3 aromatic carbocycles. The topological polar surface area (TPSA) is 72.7 Å². The van der Waals surface area contributed by atoms with Crippen LogP contribution in [-0.4, -0.2) is 21.8 Å². The Balaban J connectivity index is 1.62. The first-order valence-electron chi connectivity index (χ1n) is 8.94. The molecule has 0 N–H and O–H groups in total. The maximum atomic E-state index is 12.8. The van der Waals surface area contributed by atoms with Crippen molar-refractivity contribution in [1.82, 2.24) is 4.90 Å². The SMILES string of the molecule is O=C1[C@@H](Oc2ccccc2)[C@@H](c2ccc([N+](=O)[O-])cc2)N1Cc1ccccc1. The number of amides is 1. The number of carbonyl (C=O) groups excluding carboxylic acids is 1. The number of β-lactam (4-membered cyclic amide) rings is 1. The Morgan fingerprint density at radius 2 is 1.50 bits per heavy atom. The zero-order chi connectivity index (χ0) is 19.5. The molecule has 0 radical (unpaired) electrons. The minimum atomic E-state index is -0.660. The summed E-state index contributed by atoms with van der Waals surface area (Å²) < 4.78 is 5.95. The van der Waals surface area contributed by atoms with Crippen LogP contribution in [-0.2, 0) is 11.3 Å². The van der Waals surface area contributed by atoms with Crippen molar-refractivity contribution in [1.29, 1.82) is 0 Å². The molecule has 1 amide bonds. The molecule has 6 nitrogen and oxygen atoms in total. The summed E-state index contributed by atoms with van der Waals surface area (Å²) in [6.45, 7) is 0.454. The smallest absolute Gasteiger partial charge is 0.269 e. The summed E-state index contributed by atoms with van der Waals surface area (Å²) in [4.78, 5) is 25.1. The Kier molecular flexibility index (Phi) is 4.76. The van der Waals surface area contributed by atoms with E-state index in [1.807, 2.05) is 48.5 Å². The summed E-state index contributed by atoms with van der Waals surface area (Å²) >= 11 is 0. The lowest BCUT2D eigenvalue weighted by Crippen LogP contribution is -2.60. The largest absolute Gasteiger partial charge is 0.478 e. The van der Waals surface area contributed by atoms with Crippen molar-refractivity contribution < 1.29 is 14.5 Å². The second-order valence-corrected chi connectivity index (χ2v) is 6.60. The van der Waals surface area contributed by atoms with Crippen LogP contribution in [0, 0.1) is 10.1 Å². The number of nitrogens with zero attached hydrogens (tertiary/aromatic N) is 2. The number of para-hydroxylation sites is 1. The maximum absolute atomic E-state index is 12.8. The summed E-state index contributed by atoms with van der Waals surface area (Å²) in [7, 11) is 0. The third-order valence-corrected chi connectivity index (χ3v) is 4.80. The molecule has 0 aromatic heterocycles. The Morgan fingerprint density at radius 1 is 0.893 bits per heavy atom. The highest BCUT2D eigenvalue weighted by Gasteiger charge is 2.50. The van der Waals surface area contributed by atoms with Crippen molar-refractivity contribution in [3.05, 3.63) is 106 Å². The number of benzene rings is 3. The number of hydrogen-bond donors (Lipinski definition) is 0. The number of rotatable bonds is 6. The van der Waals surface area contributed by atoms with Gasteiger partial charge < -0.3 is 9.64 Å². The number of likely N-dealkylation sites (tertiary alicyclic amines) is 1. The van der Waals surface area contributed by atoms with Crippen molar-refractivity contribution in [2.75, 3.05) is 0 Å². The third kappa shape index (κ3) is 3.44. The van der Waals surface area contributed by atoms with Gasteiger partial charge in [0, 0.05) is 18.7 Å². The lowest BCUT2D eigenvalue weighted by Gasteiger charge is -2.46. The van der Waals surface area contributed by atoms with Crippen molar-refractivity contribution >= 4 is 11.6 Å². The average molecular weight is 374 g/mol. The monoisotopic (exact) mass is 374 g/mol. The Morgan fingerprint density at radius 3 is 2.11 bits per heavy atom. The standard InChI is InChI=1S/C22H18N2O4/c25-22-21(28-19-9-5-2-6-10-19)20(17-11-13-18(14-12-17)24(26)27)23(22)15-16-7-3-1-4-8-16/h1-14,20-21H,15H2/t20-,21+/m1/s1. The van der Waals surface area contributed by atoms with E-state index in [0.717, 1.165) is 11.1 Å². The van der Waals surface area contributed by atoms with Crippen LogP contribution >= 0.6 is 0 Å². The van der Waals surface area contributed by atoms with Gasteiger partial charge in [0.25, 0.3) is 11.6 Å². The molecule has 3 aromatic rings. The van der Waals surface area contributed by atoms with E-state index in [4.69, 9.17) is 4.74 Å². The van der Waals surface area contributed by atoms with E-state index < -0.39 is 11.0 Å². The molecule has 0 aliphatic carbocycles. The van der Waals surface area contributed by atoms with Gasteiger partial charge in [-0.3, -0.25) is 14.9 Å². The summed E-state index contributed by atoms with van der Waals surface area (Å²) in [5.74, 6) is 0.517. The molecule has 140 valence electrons. The van der Waals surface area contributed by atoms with Gasteiger partial charge in [-0.05, 0) is 35.4 Å². The molecule has 0 saturated carbocycles. The van der Waals surface area contributed by atoms with Crippen molar-refractivity contribution in [2.45, 2.75) is 18.7 Å². The number of ether oxygens (including phenoxy) is 1. The highest BCUT2D eigenvalue weighted by molar-refractivity contribution is 5.89. The molecule has 0 unspecified atom stereocenters. The number of carbonyl (C=O) groups is 1. The fourth-order valence-corrected chi connectivity index (χ4v) is 3.38. The molecular formula is C22H18N2O4. The van der Waals surface area contributed by atoms with Crippen molar-refractivity contribution in [2.24, 2.45) is 0 Å². The zero-order valence-corrected chi connectivity index (χ0v) is 15.0. The third-order valence-electron chi connectivity index (χ3n) is 4.80. The number of hydrogen-bond acceptors (Lipinski definition) is 4. The van der Waals surface area contributed by atoms with Gasteiger partial charge in [-0.1, -0.05) is 48.5 Å². The number of non-ortho nitro benzene ring substituents is 1. The van der Waals surface area contributed by atoms with Crippen LogP contribution < -0.4 is 4.74 Å². The zero-order valence-electron chi connectivity index (χ0n) is 15.0. The highest BCUT2D eigenvalue weighted by atomic mass is 16.6. The summed E-state index contributed by atoms with van der Waals surface area (Å²) in [6.07, 6.45) is -0.660. The molecule has 1 heterocycles. The lowest BCUT2D eigenvalue weighted by atomic mass is 9.89. The molecule has 0 spiro atoms. The minimum absolute atomic E-state index is 0.0181. The van der Waals surface area contributed by atoms with Gasteiger partial charge in [-0.25, -0.2) is 0 Å². The van der Waals surface area contributed by atoms with E-state index in [-0.39, 0.29) is 17.6 Å². The summed E-state index contributed by atoms with van der Waals surface area (Å²) in [5, 5.41) is 10.9. The van der Waals surface area contributed by atoms with Crippen molar-refractivity contribution in [3.63, 3.8) is 0 Å². The van der Waals surface area contributed by atoms with E-state index in [0.29, 0.717) is 12.3 Å². The highest BCUT2D eigenvalue weighted by Crippen LogP contribution is 2.39. The van der Waals surface area contributed by atoms with Gasteiger partial charge in [0.05, 0.1) is 4.92 Å². The van der Waals surface area contributed by atoms with Crippen LogP contribution in [0.25, 0.3) is 0 Å². The van der Waals surface area contributed by atoms with E-state index >= 15 is 0 Å². The van der Waals surface area contributed by atoms with Crippen LogP contribution in [0.5, 0.6) is 5.75 Å². The molecule has 2 atom stereocenters. The van der Waals surface area contributed by atoms with Gasteiger partial charge in [-0.2, -0.15) is 0 Å². The predicted molar refractivity (Wildman–Crippen MR) is 104 cm³/mol. The molecule has 4 rings (SSSR count). The first kappa shape index (κ1) is 17.7. The van der Waals surface area contributed by atoms with Gasteiger partial charge in [-0.15, -0.1) is 0 Å². The molecule has 6 heteroatoms. The van der Waals surface area contributed by atoms with Gasteiger partial charge in [0.2, 0.25) is 6.10 Å². The lowest BCUT2D eigenvalue weighted by molar-refractivity contribution is -0.384. The molecule has 1 fully saturated rings. The first-order chi connectivity index (χ1) is 13.6. The molecule has 28 heavy (non-hydrogen) atoms. The van der Waals surface area contributed by atoms with E-state index in [2.05, 4.69) is 0 Å². The Bertz CT molecular complexity index is 923. The average Bonchev–Trinajstić information content (AvgIpc) is 2.74. The summed E-state index contributed by atoms with van der Waals surface area (Å²) in [5.41, 5.74) is 1.84. The normalized spacial score (nSPS) is 18.4. The predicted octanol–water partition coefficient (Wildman–Crippen LogP) is 4.13. The van der Waals surface area contributed by atoms with Gasteiger partial charge in [0.15, 0.2) is 0 Å². The van der Waals surface area contributed by atoms with Crippen LogP contribution in [0.15, 0.2) is 84.9 Å². The second kappa shape index (κ2) is 7.52. The van der Waals surface area contributed by atoms with Crippen LogP contribution in [0.1, 0.15) is 17.2 Å². The van der Waals surface area contributed by atoms with Gasteiger partial charge >= 0.3 is 0 Å². The molecule has 1 aliphatic rings. The maximum Gasteiger partial charge on any atom is 0.269 e. The Labute approximate surface area is 162 Å². The molecular weight excluding hydrogens is 356 g/mol. The summed E-state index contributed by atoms with van der Waals surface area (Å²) in [6, 6.07) is 24.9. The first-order valence-corrected chi connectivity index (χ1v) is 8.94. The van der Waals surface area contributed by atoms with Crippen LogP contribution in [0.3, 0.4) is 0 Å². The van der Waals surface area contributed by atoms with Crippen LogP contribution in [0.4, 0.5) is 5.69 Å². The minimum Gasteiger partial charge on any atom is -0.478 e. The fraction of sp³-hybridized carbons (Fsp3) is 0.136. The van der Waals surface area contributed by atoms with Crippen molar-refractivity contribution in [3.8, 4) is 5.75 Å². The quantitative estimate of drug-likeness (QED) is 0.369. The Hall–Kier alpha value is -3.67. The van der Waals surface area contributed by atoms with E-state index in [1.54, 1.807) is 29.2 Å². The molecule has 0 bridgehead atoms.